The minimum atomic E-state index is -0.750. The van der Waals surface area contributed by atoms with Gasteiger partial charge in [0.25, 0.3) is 0 Å². The average molecular weight is 284 g/mol. The third-order valence-electron chi connectivity index (χ3n) is 3.23. The Labute approximate surface area is 116 Å². The molecule has 2 N–H and O–H groups in total. The standard InChI is InChI=1S/C14H18F2N2O2/c15-10-5-6-13(12(16)9-10)20-8-7-17-14(19)18-11-3-1-2-4-11/h5-6,9,11H,1-4,7-8H2,(H2,17,18,19). The number of hydrogen-bond donors (Lipinski definition) is 2. The maximum absolute atomic E-state index is 13.2. The first-order valence-electron chi connectivity index (χ1n) is 6.77. The Hall–Kier alpha value is -1.85. The van der Waals surface area contributed by atoms with E-state index in [1.807, 2.05) is 0 Å². The number of amides is 2. The highest BCUT2D eigenvalue weighted by atomic mass is 19.1. The van der Waals surface area contributed by atoms with Crippen LogP contribution in [0.1, 0.15) is 25.7 Å². The van der Waals surface area contributed by atoms with Gasteiger partial charge in [-0.1, -0.05) is 12.8 Å². The number of rotatable bonds is 5. The van der Waals surface area contributed by atoms with Crippen LogP contribution in [-0.2, 0) is 0 Å². The molecule has 0 unspecified atom stereocenters. The van der Waals surface area contributed by atoms with Gasteiger partial charge in [-0.15, -0.1) is 0 Å². The molecule has 1 aliphatic carbocycles. The molecule has 2 amide bonds. The molecule has 1 aromatic rings. The molecule has 20 heavy (non-hydrogen) atoms. The number of urea groups is 1. The first-order valence-corrected chi connectivity index (χ1v) is 6.77. The molecule has 1 fully saturated rings. The summed E-state index contributed by atoms with van der Waals surface area (Å²) in [5, 5.41) is 5.51. The summed E-state index contributed by atoms with van der Waals surface area (Å²) in [5.41, 5.74) is 0. The van der Waals surface area contributed by atoms with Gasteiger partial charge in [0.2, 0.25) is 0 Å². The van der Waals surface area contributed by atoms with Crippen molar-refractivity contribution in [3.63, 3.8) is 0 Å². The summed E-state index contributed by atoms with van der Waals surface area (Å²) in [4.78, 5) is 11.5. The fourth-order valence-electron chi connectivity index (χ4n) is 2.22. The summed E-state index contributed by atoms with van der Waals surface area (Å²) in [5.74, 6) is -1.42. The van der Waals surface area contributed by atoms with Gasteiger partial charge in [0, 0.05) is 12.1 Å². The predicted octanol–water partition coefficient (Wildman–Crippen LogP) is 2.59. The fourth-order valence-corrected chi connectivity index (χ4v) is 2.22. The quantitative estimate of drug-likeness (QED) is 0.817. The molecule has 0 heterocycles. The van der Waals surface area contributed by atoms with Gasteiger partial charge < -0.3 is 15.4 Å². The monoisotopic (exact) mass is 284 g/mol. The van der Waals surface area contributed by atoms with Crippen molar-refractivity contribution in [3.8, 4) is 5.75 Å². The van der Waals surface area contributed by atoms with Crippen molar-refractivity contribution in [1.82, 2.24) is 10.6 Å². The van der Waals surface area contributed by atoms with Crippen LogP contribution in [0.25, 0.3) is 0 Å². The van der Waals surface area contributed by atoms with E-state index in [9.17, 15) is 13.6 Å². The molecule has 6 heteroatoms. The van der Waals surface area contributed by atoms with Crippen LogP contribution in [0.15, 0.2) is 18.2 Å². The molecule has 1 aliphatic rings. The zero-order valence-corrected chi connectivity index (χ0v) is 11.1. The lowest BCUT2D eigenvalue weighted by atomic mass is 10.2. The Bertz CT molecular complexity index is 462. The molecule has 0 spiro atoms. The number of carbonyl (C=O) groups is 1. The van der Waals surface area contributed by atoms with E-state index >= 15 is 0 Å². The molecule has 0 bridgehead atoms. The van der Waals surface area contributed by atoms with E-state index < -0.39 is 11.6 Å². The van der Waals surface area contributed by atoms with Crippen LogP contribution in [0.3, 0.4) is 0 Å². The topological polar surface area (TPSA) is 50.4 Å². The molecule has 1 aromatic carbocycles. The van der Waals surface area contributed by atoms with Crippen molar-refractivity contribution >= 4 is 6.03 Å². The van der Waals surface area contributed by atoms with Gasteiger partial charge in [0.1, 0.15) is 12.4 Å². The lowest BCUT2D eigenvalue weighted by Crippen LogP contribution is -2.42. The van der Waals surface area contributed by atoms with E-state index in [1.54, 1.807) is 0 Å². The van der Waals surface area contributed by atoms with E-state index in [1.165, 1.54) is 6.07 Å². The van der Waals surface area contributed by atoms with Crippen molar-refractivity contribution in [2.45, 2.75) is 31.7 Å². The molecule has 4 nitrogen and oxygen atoms in total. The minimum Gasteiger partial charge on any atom is -0.489 e. The van der Waals surface area contributed by atoms with Crippen LogP contribution >= 0.6 is 0 Å². The molecule has 0 aliphatic heterocycles. The second-order valence-electron chi connectivity index (χ2n) is 4.80. The van der Waals surface area contributed by atoms with Gasteiger partial charge in [0.15, 0.2) is 11.6 Å². The van der Waals surface area contributed by atoms with Crippen molar-refractivity contribution < 1.29 is 18.3 Å². The van der Waals surface area contributed by atoms with Crippen molar-refractivity contribution in [2.75, 3.05) is 13.2 Å². The van der Waals surface area contributed by atoms with Crippen LogP contribution < -0.4 is 15.4 Å². The molecular formula is C14H18F2N2O2. The fraction of sp³-hybridized carbons (Fsp3) is 0.500. The number of benzene rings is 1. The van der Waals surface area contributed by atoms with Gasteiger partial charge >= 0.3 is 6.03 Å². The number of halogens is 2. The highest BCUT2D eigenvalue weighted by molar-refractivity contribution is 5.74. The van der Waals surface area contributed by atoms with Crippen molar-refractivity contribution in [3.05, 3.63) is 29.8 Å². The van der Waals surface area contributed by atoms with E-state index in [0.29, 0.717) is 0 Å². The Morgan fingerprint density at radius 1 is 1.30 bits per heavy atom. The summed E-state index contributed by atoms with van der Waals surface area (Å²) >= 11 is 0. The number of ether oxygens (including phenoxy) is 1. The van der Waals surface area contributed by atoms with Gasteiger partial charge in [-0.2, -0.15) is 0 Å². The largest absolute Gasteiger partial charge is 0.489 e. The Kier molecular flexibility index (Phi) is 5.15. The maximum Gasteiger partial charge on any atom is 0.315 e. The summed E-state index contributed by atoms with van der Waals surface area (Å²) in [6.07, 6.45) is 4.34. The smallest absolute Gasteiger partial charge is 0.315 e. The summed E-state index contributed by atoms with van der Waals surface area (Å²) in [6.45, 7) is 0.385. The van der Waals surface area contributed by atoms with Gasteiger partial charge in [0.05, 0.1) is 6.54 Å². The third kappa shape index (κ3) is 4.36. The van der Waals surface area contributed by atoms with Crippen LogP contribution in [0.5, 0.6) is 5.75 Å². The first-order chi connectivity index (χ1) is 9.65. The second kappa shape index (κ2) is 7.07. The molecule has 0 saturated heterocycles. The Morgan fingerprint density at radius 3 is 2.75 bits per heavy atom. The molecule has 1 saturated carbocycles. The zero-order chi connectivity index (χ0) is 14.4. The molecular weight excluding hydrogens is 266 g/mol. The molecule has 2 rings (SSSR count). The van der Waals surface area contributed by atoms with Gasteiger partial charge in [-0.25, -0.2) is 13.6 Å². The first kappa shape index (κ1) is 14.6. The van der Waals surface area contributed by atoms with E-state index in [-0.39, 0.29) is 31.0 Å². The van der Waals surface area contributed by atoms with E-state index in [4.69, 9.17) is 4.74 Å². The SMILES string of the molecule is O=C(NCCOc1ccc(F)cc1F)NC1CCCC1. The number of hydrogen-bond acceptors (Lipinski definition) is 2. The number of nitrogens with one attached hydrogen (secondary N) is 2. The van der Waals surface area contributed by atoms with Crippen LogP contribution in [0.2, 0.25) is 0 Å². The van der Waals surface area contributed by atoms with Crippen molar-refractivity contribution in [2.24, 2.45) is 0 Å². The predicted molar refractivity (Wildman–Crippen MR) is 70.6 cm³/mol. The molecule has 0 radical (unpaired) electrons. The van der Waals surface area contributed by atoms with Gasteiger partial charge in [-0.3, -0.25) is 0 Å². The second-order valence-corrected chi connectivity index (χ2v) is 4.80. The zero-order valence-electron chi connectivity index (χ0n) is 11.1. The Morgan fingerprint density at radius 2 is 2.05 bits per heavy atom. The van der Waals surface area contributed by atoms with Crippen LogP contribution in [0.4, 0.5) is 13.6 Å². The third-order valence-corrected chi connectivity index (χ3v) is 3.23. The maximum atomic E-state index is 13.2. The average Bonchev–Trinajstić information content (AvgIpc) is 2.89. The van der Waals surface area contributed by atoms with E-state index in [0.717, 1.165) is 37.8 Å². The minimum absolute atomic E-state index is 0.0237. The van der Waals surface area contributed by atoms with Crippen LogP contribution in [-0.4, -0.2) is 25.2 Å². The number of carbonyl (C=O) groups excluding carboxylic acids is 1. The summed E-state index contributed by atoms with van der Waals surface area (Å²) in [7, 11) is 0. The van der Waals surface area contributed by atoms with Crippen molar-refractivity contribution in [1.29, 1.82) is 0 Å². The highest BCUT2D eigenvalue weighted by Crippen LogP contribution is 2.18. The Balaban J connectivity index is 1.64. The highest BCUT2D eigenvalue weighted by Gasteiger charge is 2.16. The summed E-state index contributed by atoms with van der Waals surface area (Å²) in [6, 6.07) is 3.13. The normalized spacial score (nSPS) is 15.1. The summed E-state index contributed by atoms with van der Waals surface area (Å²) < 4.78 is 31.0. The van der Waals surface area contributed by atoms with Crippen LogP contribution in [0, 0.1) is 11.6 Å². The van der Waals surface area contributed by atoms with Gasteiger partial charge in [-0.05, 0) is 25.0 Å². The lowest BCUT2D eigenvalue weighted by Gasteiger charge is -2.13. The molecule has 0 aromatic heterocycles. The van der Waals surface area contributed by atoms with E-state index in [2.05, 4.69) is 10.6 Å². The lowest BCUT2D eigenvalue weighted by molar-refractivity contribution is 0.232. The molecule has 0 atom stereocenters. The molecule has 110 valence electrons.